The molecule has 0 radical (unpaired) electrons. The van der Waals surface area contributed by atoms with Crippen LogP contribution in [0.25, 0.3) is 0 Å². The number of guanidine groups is 1. The van der Waals surface area contributed by atoms with Gasteiger partial charge in [-0.05, 0) is 102 Å². The summed E-state index contributed by atoms with van der Waals surface area (Å²) in [5.41, 5.74) is 33.8. The second-order valence-electron chi connectivity index (χ2n) is 17.8. The Morgan fingerprint density at radius 2 is 1.47 bits per heavy atom. The van der Waals surface area contributed by atoms with Gasteiger partial charge in [-0.2, -0.15) is 4.91 Å². The van der Waals surface area contributed by atoms with Crippen molar-refractivity contribution in [2.75, 3.05) is 45.8 Å². The topological polar surface area (TPSA) is 503 Å². The van der Waals surface area contributed by atoms with Gasteiger partial charge in [0.1, 0.15) is 48.2 Å². The molecule has 1 aromatic carbocycles. The molecule has 0 bridgehead atoms. The summed E-state index contributed by atoms with van der Waals surface area (Å²) in [6.07, 6.45) is 2.12. The Morgan fingerprint density at radius 1 is 0.816 bits per heavy atom. The highest BCUT2D eigenvalue weighted by Crippen LogP contribution is 2.21. The van der Waals surface area contributed by atoms with Crippen molar-refractivity contribution in [3.8, 4) is 0 Å². The molecule has 2 rings (SSSR count). The average molecular weight is 1070 g/mol. The van der Waals surface area contributed by atoms with Gasteiger partial charge in [0.2, 0.25) is 35.4 Å². The van der Waals surface area contributed by atoms with Crippen molar-refractivity contribution in [1.29, 1.82) is 5.41 Å². The van der Waals surface area contributed by atoms with Gasteiger partial charge in [0.15, 0.2) is 5.96 Å². The number of aliphatic carboxylic acids is 1. The number of aliphatic hydroxyl groups is 1. The molecule has 22 N–H and O–H groups in total. The number of carboxylic acids is 1. The van der Waals surface area contributed by atoms with E-state index >= 15 is 0 Å². The first-order valence-electron chi connectivity index (χ1n) is 25.1. The van der Waals surface area contributed by atoms with Crippen molar-refractivity contribution in [1.82, 2.24) is 42.1 Å². The lowest BCUT2D eigenvalue weighted by Gasteiger charge is -2.28. The Labute approximate surface area is 440 Å². The number of benzene rings is 1. The van der Waals surface area contributed by atoms with Crippen LogP contribution in [0.15, 0.2) is 46.2 Å². The third-order valence-electron chi connectivity index (χ3n) is 11.9. The Bertz CT molecular complexity index is 2230. The van der Waals surface area contributed by atoms with E-state index in [0.29, 0.717) is 49.8 Å². The van der Waals surface area contributed by atoms with Crippen molar-refractivity contribution < 1.29 is 53.4 Å². The number of nitrogens with zero attached hydrogens (tertiary/aromatic N) is 3. The highest BCUT2D eigenvalue weighted by atomic mass is 16.4. The molecule has 1 aliphatic heterocycles. The lowest BCUT2D eigenvalue weighted by atomic mass is 9.98. The van der Waals surface area contributed by atoms with Crippen molar-refractivity contribution in [2.24, 2.45) is 44.6 Å². The summed E-state index contributed by atoms with van der Waals surface area (Å²) in [5, 5.41) is 47.7. The van der Waals surface area contributed by atoms with Crippen LogP contribution < -0.4 is 71.6 Å². The van der Waals surface area contributed by atoms with Crippen molar-refractivity contribution in [2.45, 2.75) is 133 Å². The van der Waals surface area contributed by atoms with Crippen LogP contribution in [0.5, 0.6) is 0 Å². The van der Waals surface area contributed by atoms with Gasteiger partial charge < -0.3 is 86.7 Å². The molecule has 1 heterocycles. The minimum absolute atomic E-state index is 0.00195. The van der Waals surface area contributed by atoms with Crippen LogP contribution in [0.1, 0.15) is 88.7 Å². The Balaban J connectivity index is 2.35. The van der Waals surface area contributed by atoms with Gasteiger partial charge in [-0.15, -0.1) is 0 Å². The van der Waals surface area contributed by atoms with Crippen LogP contribution in [-0.2, 0) is 56.1 Å². The maximum Gasteiger partial charge on any atom is 0.352 e. The van der Waals surface area contributed by atoms with Gasteiger partial charge in [0.25, 0.3) is 11.8 Å². The zero-order valence-electron chi connectivity index (χ0n) is 42.9. The van der Waals surface area contributed by atoms with E-state index in [2.05, 4.69) is 47.4 Å². The number of amides is 8. The summed E-state index contributed by atoms with van der Waals surface area (Å²) in [6, 6.07) is -1.44. The predicted molar refractivity (Wildman–Crippen MR) is 279 cm³/mol. The van der Waals surface area contributed by atoms with Crippen molar-refractivity contribution >= 4 is 64.9 Å². The normalized spacial score (nSPS) is 15.9. The number of likely N-dealkylation sites (tertiary alicyclic amines) is 1. The number of hydrogen-bond donors (Lipinski definition) is 16. The zero-order valence-corrected chi connectivity index (χ0v) is 42.9. The first-order valence-corrected chi connectivity index (χ1v) is 25.1. The van der Waals surface area contributed by atoms with E-state index < -0.39 is 114 Å². The fraction of sp³-hybridized carbons (Fsp3) is 0.596. The summed E-state index contributed by atoms with van der Waals surface area (Å²) >= 11 is 0. The lowest BCUT2D eigenvalue weighted by molar-refractivity contribution is -0.137. The standard InChI is InChI=1S/C47H77N17O12/c1-27(58-44(72)38(36(65)24-51)63-40(68)30(52)13-4-6-18-48)39(67)56-26-37(66)59-32(15-8-20-50)45(73)64-22-10-17-35(64)43(71)62-34(23-28-11-2-3-12-29(28)25-57-76)42(70)60-31(14-5-7-19-49)41(69)61-33(46(74)75)16-9-21-55-47(53)54/h2-3,11-12,16,27,30-31,34-36,38,65H,4-10,13-15,17-26,48-52H2,1H3,(H,56,67)(H,58,72)(H,60,70)(H,61,69)(H,62,71)(H,63,68)(H,74,75)(H4,53,54,55)/b33-16-,59-32+/t27-,30-,31-,34-,35-,36-,38-/m0/s1. The molecule has 1 fully saturated rings. The van der Waals surface area contributed by atoms with Gasteiger partial charge in [-0.3, -0.25) is 43.8 Å². The predicted octanol–water partition coefficient (Wildman–Crippen LogP) is -4.87. The molecule has 29 nitrogen and oxygen atoms in total. The number of nitrogens with two attached hydrogens (primary N) is 6. The molecular formula is C47H77N17O12. The van der Waals surface area contributed by atoms with Crippen LogP contribution >= 0.6 is 0 Å². The smallest absolute Gasteiger partial charge is 0.352 e. The summed E-state index contributed by atoms with van der Waals surface area (Å²) in [7, 11) is 0. The van der Waals surface area contributed by atoms with Gasteiger partial charge in [-0.25, -0.2) is 9.79 Å². The molecule has 8 amide bonds. The number of carboxylic acid groups (broad SMARTS) is 1. The fourth-order valence-corrected chi connectivity index (χ4v) is 7.72. The van der Waals surface area contributed by atoms with E-state index in [1.165, 1.54) is 17.9 Å². The van der Waals surface area contributed by atoms with Crippen LogP contribution in [0.2, 0.25) is 0 Å². The Morgan fingerprint density at radius 3 is 2.09 bits per heavy atom. The van der Waals surface area contributed by atoms with E-state index in [-0.39, 0.29) is 89.3 Å². The third kappa shape index (κ3) is 22.7. The molecule has 1 saturated heterocycles. The average Bonchev–Trinajstić information content (AvgIpc) is 3.89. The monoisotopic (exact) mass is 1070 g/mol. The van der Waals surface area contributed by atoms with Gasteiger partial charge in [0.05, 0.1) is 18.7 Å². The Kier molecular flexibility index (Phi) is 29.9. The zero-order chi connectivity index (χ0) is 56.7. The molecule has 0 aromatic heterocycles. The Hall–Kier alpha value is -7.31. The van der Waals surface area contributed by atoms with Crippen LogP contribution in [-0.4, -0.2) is 168 Å². The number of aliphatic hydroxyl groups excluding tert-OH is 1. The van der Waals surface area contributed by atoms with Crippen LogP contribution in [0.3, 0.4) is 0 Å². The largest absolute Gasteiger partial charge is 0.477 e. The number of aliphatic imine (C=N–C) groups is 1. The molecule has 76 heavy (non-hydrogen) atoms. The first kappa shape index (κ1) is 64.8. The van der Waals surface area contributed by atoms with Crippen LogP contribution in [0.4, 0.5) is 0 Å². The number of carbonyl (C=O) groups excluding carboxylic acids is 8. The van der Waals surface area contributed by atoms with E-state index in [9.17, 15) is 58.3 Å². The number of unbranched alkanes of at least 4 members (excludes halogenated alkanes) is 2. The number of carbonyl (C=O) groups is 9. The van der Waals surface area contributed by atoms with Gasteiger partial charge >= 0.3 is 5.97 Å². The molecule has 1 aromatic rings. The van der Waals surface area contributed by atoms with E-state index in [0.717, 1.165) is 0 Å². The third-order valence-corrected chi connectivity index (χ3v) is 11.9. The lowest BCUT2D eigenvalue weighted by Crippen LogP contribution is -2.60. The molecule has 0 unspecified atom stereocenters. The highest BCUT2D eigenvalue weighted by Gasteiger charge is 2.39. The summed E-state index contributed by atoms with van der Waals surface area (Å²) in [4.78, 5) is 137. The molecule has 422 valence electrons. The number of nitroso groups, excluding NO2 is 1. The quantitative estimate of drug-likeness (QED) is 0.00996. The minimum atomic E-state index is -1.58. The molecular weight excluding hydrogens is 995 g/mol. The fourth-order valence-electron chi connectivity index (χ4n) is 7.72. The molecule has 0 saturated carbocycles. The molecule has 1 aliphatic rings. The van der Waals surface area contributed by atoms with Crippen molar-refractivity contribution in [3.05, 3.63) is 52.1 Å². The van der Waals surface area contributed by atoms with Gasteiger partial charge in [0, 0.05) is 26.1 Å². The number of hydrogen-bond acceptors (Lipinski definition) is 18. The maximum atomic E-state index is 14.3. The maximum absolute atomic E-state index is 14.3. The van der Waals surface area contributed by atoms with E-state index in [1.807, 2.05) is 0 Å². The highest BCUT2D eigenvalue weighted by molar-refractivity contribution is 6.40. The second-order valence-corrected chi connectivity index (χ2v) is 17.8. The van der Waals surface area contributed by atoms with Crippen LogP contribution in [0, 0.1) is 10.3 Å². The first-order chi connectivity index (χ1) is 36.2. The van der Waals surface area contributed by atoms with Gasteiger partial charge in [-0.1, -0.05) is 41.9 Å². The van der Waals surface area contributed by atoms with Crippen molar-refractivity contribution in [3.63, 3.8) is 0 Å². The second kappa shape index (κ2) is 35.0. The number of nitrogens with one attached hydrogen (secondary N) is 8. The molecule has 0 spiro atoms. The summed E-state index contributed by atoms with van der Waals surface area (Å²) < 4.78 is 0. The molecule has 29 heteroatoms. The molecule has 0 aliphatic carbocycles. The summed E-state index contributed by atoms with van der Waals surface area (Å²) in [5.74, 6) is -8.78. The van der Waals surface area contributed by atoms with E-state index in [4.69, 9.17) is 39.8 Å². The summed E-state index contributed by atoms with van der Waals surface area (Å²) in [6.45, 7) is 0.628. The molecule has 7 atom stereocenters. The minimum Gasteiger partial charge on any atom is -0.477 e. The SMILES string of the molecule is C[C@H](NC(=O)[C@@H](NC(=O)[C@@H](N)CCCCN)[C@@H](O)CN)C(=O)NCC(=O)/N=C(\CCCN)C(=O)N1CCC[C@H]1C(=O)N[C@@H](Cc1ccccc1CN=O)C(=O)N[C@@H](CCCCN)C(=O)N/C(=C\CCNC(=N)N)C(=O)O. The van der Waals surface area contributed by atoms with E-state index in [1.54, 1.807) is 24.3 Å². The number of rotatable bonds is 35.